The molecule has 0 aromatic rings. The van der Waals surface area contributed by atoms with Crippen LogP contribution in [0.15, 0.2) is 0 Å². The molecule has 0 unspecified atom stereocenters. The zero-order valence-corrected chi connectivity index (χ0v) is 5.07. The molecule has 0 saturated heterocycles. The van der Waals surface area contributed by atoms with Crippen molar-refractivity contribution in [1.29, 1.82) is 0 Å². The Labute approximate surface area is 49.4 Å². The minimum atomic E-state index is -5.64. The van der Waals surface area contributed by atoms with Gasteiger partial charge >= 0.3 is 7.99 Å². The minimum absolute atomic E-state index is 0. The third-order valence-electron chi connectivity index (χ3n) is 0. The van der Waals surface area contributed by atoms with Crippen LogP contribution in [0.4, 0.5) is 8.39 Å². The lowest BCUT2D eigenvalue weighted by molar-refractivity contribution is 0.376. The van der Waals surface area contributed by atoms with Crippen LogP contribution in [0.25, 0.3) is 0 Å². The number of halogens is 2. The lowest BCUT2D eigenvalue weighted by atomic mass is 15.9. The average Bonchev–Trinajstić information content (AvgIpc) is 0.722. The second-order valence-electron chi connectivity index (χ2n) is 0.435. The Hall–Kier alpha value is 0.816. The molecule has 0 aliphatic rings. The maximum Gasteiger partial charge on any atom is 0.549 e. The van der Waals surface area contributed by atoms with Gasteiger partial charge in [-0.1, -0.05) is 0 Å². The summed E-state index contributed by atoms with van der Waals surface area (Å²) in [6, 6.07) is 0. The van der Waals surface area contributed by atoms with Crippen LogP contribution < -0.4 is 0 Å². The van der Waals surface area contributed by atoms with Crippen molar-refractivity contribution in [2.75, 3.05) is 0 Å². The van der Waals surface area contributed by atoms with Gasteiger partial charge in [-0.3, -0.25) is 4.89 Å². The quantitative estimate of drug-likeness (QED) is 0.382. The van der Waals surface area contributed by atoms with Gasteiger partial charge in [0, 0.05) is 23.1 Å². The predicted octanol–water partition coefficient (Wildman–Crippen LogP) is 0.645. The van der Waals surface area contributed by atoms with Crippen molar-refractivity contribution in [3.05, 3.63) is 0 Å². The van der Waals surface area contributed by atoms with E-state index in [1.807, 2.05) is 0 Å². The van der Waals surface area contributed by atoms with Crippen LogP contribution >= 0.6 is 7.99 Å². The van der Waals surface area contributed by atoms with Crippen LogP contribution in [-0.2, 0) is 4.57 Å². The second kappa shape index (κ2) is 2.90. The molecule has 2 radical (unpaired) electrons. The highest BCUT2D eigenvalue weighted by atomic mass is 31.2. The molecule has 0 aromatic heterocycles. The second-order valence-corrected chi connectivity index (χ2v) is 1.30. The molecule has 0 rings (SSSR count). The zero-order valence-electron chi connectivity index (χ0n) is 2.77. The van der Waals surface area contributed by atoms with Crippen molar-refractivity contribution in [3.63, 3.8) is 0 Å². The molecule has 0 amide bonds. The predicted molar refractivity (Wildman–Crippen MR) is 17.8 cm³/mol. The van der Waals surface area contributed by atoms with E-state index < -0.39 is 7.99 Å². The maximum absolute atomic E-state index is 10.1. The van der Waals surface area contributed by atoms with Crippen LogP contribution in [0.2, 0.25) is 0 Å². The van der Waals surface area contributed by atoms with Gasteiger partial charge in [0.1, 0.15) is 0 Å². The summed E-state index contributed by atoms with van der Waals surface area (Å²) in [5, 5.41) is 0. The van der Waals surface area contributed by atoms with Crippen molar-refractivity contribution in [3.8, 4) is 0 Å². The highest BCUT2D eigenvalue weighted by Gasteiger charge is 2.09. The van der Waals surface area contributed by atoms with E-state index in [9.17, 15) is 8.39 Å². The lowest BCUT2D eigenvalue weighted by Crippen LogP contribution is -1.45. The van der Waals surface area contributed by atoms with Crippen LogP contribution in [0.5, 0.6) is 0 Å². The molecule has 2 nitrogen and oxygen atoms in total. The summed E-state index contributed by atoms with van der Waals surface area (Å²) >= 11 is 0. The topological polar surface area (TPSA) is 37.3 Å². The van der Waals surface area contributed by atoms with Crippen LogP contribution in [0.3, 0.4) is 0 Å². The fourth-order valence-electron chi connectivity index (χ4n) is 0. The Balaban J connectivity index is 0. The van der Waals surface area contributed by atoms with Crippen LogP contribution in [0.1, 0.15) is 0 Å². The smallest absolute Gasteiger partial charge is 0.296 e. The van der Waals surface area contributed by atoms with E-state index in [2.05, 4.69) is 0 Å². The molecule has 6 heteroatoms. The zero-order chi connectivity index (χ0) is 4.50. The normalized spacial score (nSPS) is 9.83. The summed E-state index contributed by atoms with van der Waals surface area (Å²) in [6.07, 6.45) is 0. The van der Waals surface area contributed by atoms with E-state index in [4.69, 9.17) is 9.46 Å². The van der Waals surface area contributed by atoms with Crippen molar-refractivity contribution in [2.45, 2.75) is 0 Å². The Bertz CT molecular complexity index is 57.7. The first-order valence-corrected chi connectivity index (χ1v) is 2.16. The van der Waals surface area contributed by atoms with E-state index in [0.29, 0.717) is 0 Å². The molecule has 0 bridgehead atoms. The van der Waals surface area contributed by atoms with E-state index in [1.165, 1.54) is 0 Å². The summed E-state index contributed by atoms with van der Waals surface area (Å²) < 4.78 is 28.7. The molecule has 0 heterocycles. The lowest BCUT2D eigenvalue weighted by Gasteiger charge is -1.73. The first kappa shape index (κ1) is 9.94. The van der Waals surface area contributed by atoms with E-state index in [0.717, 1.165) is 0 Å². The van der Waals surface area contributed by atoms with Gasteiger partial charge in [0.2, 0.25) is 0 Å². The number of rotatable bonds is 0. The first-order valence-electron chi connectivity index (χ1n) is 0.721. The molecular weight excluding hydrogens is 125 g/mol. The molecule has 0 aliphatic heterocycles. The van der Waals surface area contributed by atoms with Crippen molar-refractivity contribution >= 4 is 31.0 Å². The molecular formula is HF2MgO2P. The van der Waals surface area contributed by atoms with Gasteiger partial charge in [0.25, 0.3) is 0 Å². The average molecular weight is 126 g/mol. The highest BCUT2D eigenvalue weighted by molar-refractivity contribution is 7.46. The fraction of sp³-hybridized carbons (Fsp3) is 0. The molecule has 0 spiro atoms. The van der Waals surface area contributed by atoms with E-state index >= 15 is 0 Å². The van der Waals surface area contributed by atoms with Gasteiger partial charge in [0.05, 0.1) is 0 Å². The Morgan fingerprint density at radius 3 is 1.50 bits per heavy atom. The molecule has 0 fully saturated rings. The molecule has 1 N–H and O–H groups in total. The maximum atomic E-state index is 10.1. The van der Waals surface area contributed by atoms with Gasteiger partial charge < -0.3 is 0 Å². The van der Waals surface area contributed by atoms with Crippen LogP contribution in [-0.4, -0.2) is 27.9 Å². The minimum Gasteiger partial charge on any atom is -0.296 e. The van der Waals surface area contributed by atoms with Crippen molar-refractivity contribution in [1.82, 2.24) is 0 Å². The number of hydrogen-bond acceptors (Lipinski definition) is 1. The van der Waals surface area contributed by atoms with Crippen molar-refractivity contribution < 1.29 is 17.9 Å². The highest BCUT2D eigenvalue weighted by Crippen LogP contribution is 2.43. The third-order valence-corrected chi connectivity index (χ3v) is 0. The van der Waals surface area contributed by atoms with E-state index in [1.54, 1.807) is 0 Å². The Kier molecular flexibility index (Phi) is 4.81. The number of hydrogen-bond donors (Lipinski definition) is 1. The molecule has 0 aromatic carbocycles. The molecule has 0 atom stereocenters. The Morgan fingerprint density at radius 1 is 1.50 bits per heavy atom. The molecule has 6 heavy (non-hydrogen) atoms. The molecule has 0 aliphatic carbocycles. The standard InChI is InChI=1S/F2HO2P.Mg/c1-5(2,3)4;/h(H,3,4);. The van der Waals surface area contributed by atoms with Crippen molar-refractivity contribution in [2.24, 2.45) is 0 Å². The monoisotopic (exact) mass is 126 g/mol. The Morgan fingerprint density at radius 2 is 1.50 bits per heavy atom. The summed E-state index contributed by atoms with van der Waals surface area (Å²) in [5.74, 6) is 0. The summed E-state index contributed by atoms with van der Waals surface area (Å²) in [6.45, 7) is 0. The van der Waals surface area contributed by atoms with Gasteiger partial charge in [-0.05, 0) is 0 Å². The van der Waals surface area contributed by atoms with Gasteiger partial charge in [-0.15, -0.1) is 8.39 Å². The van der Waals surface area contributed by atoms with Gasteiger partial charge in [-0.2, -0.15) is 0 Å². The van der Waals surface area contributed by atoms with Crippen LogP contribution in [0, 0.1) is 0 Å². The third kappa shape index (κ3) is 105. The SMILES string of the molecule is O=P(O)(F)F.[Mg]. The van der Waals surface area contributed by atoms with E-state index in [-0.39, 0.29) is 23.1 Å². The van der Waals surface area contributed by atoms with Gasteiger partial charge in [0.15, 0.2) is 0 Å². The summed E-state index contributed by atoms with van der Waals surface area (Å²) in [5.41, 5.74) is 0. The fourth-order valence-corrected chi connectivity index (χ4v) is 0. The first-order chi connectivity index (χ1) is 2.00. The molecule has 34 valence electrons. The summed E-state index contributed by atoms with van der Waals surface area (Å²) in [7, 11) is -5.64. The van der Waals surface area contributed by atoms with Gasteiger partial charge in [-0.25, -0.2) is 4.57 Å². The largest absolute Gasteiger partial charge is 0.549 e. The summed E-state index contributed by atoms with van der Waals surface area (Å²) in [4.78, 5) is 6.74. The molecule has 0 saturated carbocycles.